The van der Waals surface area contributed by atoms with E-state index in [0.29, 0.717) is 12.1 Å². The van der Waals surface area contributed by atoms with Crippen LogP contribution in [-0.4, -0.2) is 26.8 Å². The second kappa shape index (κ2) is 6.65. The van der Waals surface area contributed by atoms with Gasteiger partial charge >= 0.3 is 0 Å². The molecule has 1 heterocycles. The lowest BCUT2D eigenvalue weighted by atomic mass is 9.95. The Morgan fingerprint density at radius 1 is 1.23 bits per heavy atom. The summed E-state index contributed by atoms with van der Waals surface area (Å²) in [4.78, 5) is 17.0. The Balaban J connectivity index is 1.74. The highest BCUT2D eigenvalue weighted by molar-refractivity contribution is 8.00. The first-order valence-electron chi connectivity index (χ1n) is 8.58. The topological polar surface area (TPSA) is 46.9 Å². The van der Waals surface area contributed by atoms with Gasteiger partial charge in [-0.05, 0) is 46.5 Å². The summed E-state index contributed by atoms with van der Waals surface area (Å²) in [6, 6.07) is 0.994. The zero-order valence-electron chi connectivity index (χ0n) is 13.9. The van der Waals surface area contributed by atoms with Crippen LogP contribution in [0.5, 0.6) is 0 Å². The zero-order valence-corrected chi connectivity index (χ0v) is 14.7. The summed E-state index contributed by atoms with van der Waals surface area (Å²) in [7, 11) is 0. The number of carbonyl (C=O) groups excluding carboxylic acids is 1. The Morgan fingerprint density at radius 3 is 2.55 bits per heavy atom. The molecule has 2 aliphatic rings. The number of aromatic nitrogens is 2. The van der Waals surface area contributed by atoms with Crippen molar-refractivity contribution < 1.29 is 4.79 Å². The van der Waals surface area contributed by atoms with E-state index in [1.165, 1.54) is 37.8 Å². The van der Waals surface area contributed by atoms with Crippen LogP contribution in [0.25, 0.3) is 0 Å². The standard InChI is InChI=1S/C17H27N3OS/c1-11-12(2)20(15-7-5-4-6-8-15)17(18-11)22-13(3)16(21)19-14-9-10-14/h13-15H,4-10H2,1-3H3,(H,19,21)/t13-/m1/s1. The maximum absolute atomic E-state index is 12.2. The summed E-state index contributed by atoms with van der Waals surface area (Å²) in [5.74, 6) is 0.154. The van der Waals surface area contributed by atoms with Crippen molar-refractivity contribution in [1.82, 2.24) is 14.9 Å². The molecule has 0 spiro atoms. The zero-order chi connectivity index (χ0) is 15.7. The fourth-order valence-electron chi connectivity index (χ4n) is 3.21. The smallest absolute Gasteiger partial charge is 0.233 e. The van der Waals surface area contributed by atoms with Gasteiger partial charge in [-0.15, -0.1) is 0 Å². The number of imidazole rings is 1. The Hall–Kier alpha value is -0.970. The molecule has 2 fully saturated rings. The third-order valence-electron chi connectivity index (χ3n) is 4.87. The largest absolute Gasteiger partial charge is 0.352 e. The number of aryl methyl sites for hydroxylation is 1. The molecule has 0 aromatic carbocycles. The molecule has 5 heteroatoms. The number of carbonyl (C=O) groups is 1. The van der Waals surface area contributed by atoms with E-state index in [1.807, 2.05) is 6.92 Å². The number of nitrogens with one attached hydrogen (secondary N) is 1. The number of hydrogen-bond acceptors (Lipinski definition) is 3. The summed E-state index contributed by atoms with van der Waals surface area (Å²) in [6.07, 6.45) is 8.73. The molecule has 4 nitrogen and oxygen atoms in total. The predicted molar refractivity (Wildman–Crippen MR) is 90.3 cm³/mol. The molecular weight excluding hydrogens is 294 g/mol. The highest BCUT2D eigenvalue weighted by Crippen LogP contribution is 2.35. The minimum atomic E-state index is -0.0795. The maximum Gasteiger partial charge on any atom is 0.233 e. The van der Waals surface area contributed by atoms with Crippen LogP contribution >= 0.6 is 11.8 Å². The van der Waals surface area contributed by atoms with Crippen molar-refractivity contribution in [2.24, 2.45) is 0 Å². The molecule has 1 aromatic rings. The van der Waals surface area contributed by atoms with Crippen LogP contribution in [0.3, 0.4) is 0 Å². The second-order valence-electron chi connectivity index (χ2n) is 6.77. The Bertz CT molecular complexity index is 544. The molecule has 0 unspecified atom stereocenters. The van der Waals surface area contributed by atoms with Gasteiger partial charge in [0.25, 0.3) is 0 Å². The van der Waals surface area contributed by atoms with Gasteiger partial charge in [-0.3, -0.25) is 4.79 Å². The molecule has 122 valence electrons. The van der Waals surface area contributed by atoms with Crippen molar-refractivity contribution in [2.75, 3.05) is 0 Å². The molecule has 0 radical (unpaired) electrons. The number of hydrogen-bond donors (Lipinski definition) is 1. The van der Waals surface area contributed by atoms with Crippen LogP contribution in [0.4, 0.5) is 0 Å². The highest BCUT2D eigenvalue weighted by Gasteiger charge is 2.28. The van der Waals surface area contributed by atoms with Crippen molar-refractivity contribution in [3.8, 4) is 0 Å². The van der Waals surface area contributed by atoms with Crippen LogP contribution in [-0.2, 0) is 4.79 Å². The summed E-state index contributed by atoms with van der Waals surface area (Å²) in [5, 5.41) is 4.05. The van der Waals surface area contributed by atoms with Crippen LogP contribution < -0.4 is 5.32 Å². The van der Waals surface area contributed by atoms with Crippen molar-refractivity contribution in [3.05, 3.63) is 11.4 Å². The van der Waals surface area contributed by atoms with Crippen LogP contribution in [0, 0.1) is 13.8 Å². The fourth-order valence-corrected chi connectivity index (χ4v) is 4.29. The number of amides is 1. The molecule has 2 saturated carbocycles. The Labute approximate surface area is 137 Å². The van der Waals surface area contributed by atoms with Gasteiger partial charge in [-0.2, -0.15) is 0 Å². The normalized spacial score (nSPS) is 20.9. The average Bonchev–Trinajstić information content (AvgIpc) is 3.27. The maximum atomic E-state index is 12.2. The first-order chi connectivity index (χ1) is 10.6. The van der Waals surface area contributed by atoms with E-state index >= 15 is 0 Å². The third kappa shape index (κ3) is 3.50. The van der Waals surface area contributed by atoms with E-state index in [2.05, 4.69) is 23.7 Å². The summed E-state index contributed by atoms with van der Waals surface area (Å²) >= 11 is 1.62. The number of thioether (sulfide) groups is 1. The van der Waals surface area contributed by atoms with E-state index in [1.54, 1.807) is 11.8 Å². The molecule has 3 rings (SSSR count). The van der Waals surface area contributed by atoms with Crippen molar-refractivity contribution in [1.29, 1.82) is 0 Å². The van der Waals surface area contributed by atoms with Crippen molar-refractivity contribution in [2.45, 2.75) is 88.2 Å². The lowest BCUT2D eigenvalue weighted by molar-refractivity contribution is -0.120. The fraction of sp³-hybridized carbons (Fsp3) is 0.765. The molecule has 2 aliphatic carbocycles. The Morgan fingerprint density at radius 2 is 1.91 bits per heavy atom. The second-order valence-corrected chi connectivity index (χ2v) is 8.08. The van der Waals surface area contributed by atoms with E-state index in [4.69, 9.17) is 4.98 Å². The molecule has 0 aliphatic heterocycles. The molecule has 1 aromatic heterocycles. The molecular formula is C17H27N3OS. The van der Waals surface area contributed by atoms with Gasteiger partial charge in [0.2, 0.25) is 5.91 Å². The highest BCUT2D eigenvalue weighted by atomic mass is 32.2. The van der Waals surface area contributed by atoms with Gasteiger partial charge in [0.15, 0.2) is 5.16 Å². The molecule has 1 amide bonds. The van der Waals surface area contributed by atoms with Gasteiger partial charge < -0.3 is 9.88 Å². The SMILES string of the molecule is Cc1nc(S[C@H](C)C(=O)NC2CC2)n(C2CCCCC2)c1C. The third-order valence-corrected chi connectivity index (χ3v) is 5.94. The van der Waals surface area contributed by atoms with Crippen LogP contribution in [0.15, 0.2) is 5.16 Å². The van der Waals surface area contributed by atoms with Gasteiger partial charge in [0, 0.05) is 17.8 Å². The van der Waals surface area contributed by atoms with E-state index < -0.39 is 0 Å². The van der Waals surface area contributed by atoms with E-state index in [9.17, 15) is 4.79 Å². The minimum absolute atomic E-state index is 0.0795. The molecule has 0 bridgehead atoms. The van der Waals surface area contributed by atoms with Gasteiger partial charge in [0.1, 0.15) is 0 Å². The van der Waals surface area contributed by atoms with Crippen LogP contribution in [0.2, 0.25) is 0 Å². The first kappa shape index (κ1) is 15.9. The van der Waals surface area contributed by atoms with Crippen molar-refractivity contribution in [3.63, 3.8) is 0 Å². The predicted octanol–water partition coefficient (Wildman–Crippen LogP) is 3.76. The summed E-state index contributed by atoms with van der Waals surface area (Å²) in [5.41, 5.74) is 2.37. The Kier molecular flexibility index (Phi) is 4.81. The van der Waals surface area contributed by atoms with Gasteiger partial charge in [-0.25, -0.2) is 4.98 Å². The molecule has 1 atom stereocenters. The van der Waals surface area contributed by atoms with Crippen LogP contribution in [0.1, 0.15) is 69.3 Å². The number of rotatable bonds is 5. The molecule has 22 heavy (non-hydrogen) atoms. The number of nitrogens with zero attached hydrogens (tertiary/aromatic N) is 2. The molecule has 0 saturated heterocycles. The van der Waals surface area contributed by atoms with Gasteiger partial charge in [0.05, 0.1) is 10.9 Å². The van der Waals surface area contributed by atoms with Gasteiger partial charge in [-0.1, -0.05) is 31.0 Å². The summed E-state index contributed by atoms with van der Waals surface area (Å²) < 4.78 is 2.40. The monoisotopic (exact) mass is 321 g/mol. The quantitative estimate of drug-likeness (QED) is 0.840. The van der Waals surface area contributed by atoms with E-state index in [-0.39, 0.29) is 11.2 Å². The lowest BCUT2D eigenvalue weighted by Gasteiger charge is -2.26. The van der Waals surface area contributed by atoms with Crippen molar-refractivity contribution >= 4 is 17.7 Å². The minimum Gasteiger partial charge on any atom is -0.352 e. The first-order valence-corrected chi connectivity index (χ1v) is 9.46. The summed E-state index contributed by atoms with van der Waals surface area (Å²) in [6.45, 7) is 6.23. The average molecular weight is 321 g/mol. The molecule has 1 N–H and O–H groups in total. The van der Waals surface area contributed by atoms with E-state index in [0.717, 1.165) is 23.7 Å². The lowest BCUT2D eigenvalue weighted by Crippen LogP contribution is -2.32.